The second-order valence-electron chi connectivity index (χ2n) is 6.58. The molecule has 0 heterocycles. The molecule has 1 N–H and O–H groups in total. The van der Waals surface area contributed by atoms with Gasteiger partial charge in [-0.15, -0.1) is 0 Å². The minimum absolute atomic E-state index is 0.177. The van der Waals surface area contributed by atoms with E-state index in [1.54, 1.807) is 12.1 Å². The first-order valence-electron chi connectivity index (χ1n) is 9.37. The van der Waals surface area contributed by atoms with Gasteiger partial charge < -0.3 is 9.84 Å². The Morgan fingerprint density at radius 1 is 0.710 bits per heavy atom. The van der Waals surface area contributed by atoms with Gasteiger partial charge >= 0.3 is 5.97 Å². The van der Waals surface area contributed by atoms with Crippen LogP contribution in [0.2, 0.25) is 0 Å². The zero-order valence-electron chi connectivity index (χ0n) is 16.2. The van der Waals surface area contributed by atoms with Crippen molar-refractivity contribution in [3.8, 4) is 11.5 Å². The molecular formula is C25H17I2O3S+. The van der Waals surface area contributed by atoms with Crippen LogP contribution < -0.4 is 4.74 Å². The third-order valence-corrected chi connectivity index (χ3v) is 8.36. The van der Waals surface area contributed by atoms with E-state index in [1.165, 1.54) is 9.79 Å². The lowest BCUT2D eigenvalue weighted by Crippen LogP contribution is -2.10. The highest BCUT2D eigenvalue weighted by molar-refractivity contribution is 14.1. The molecule has 0 atom stereocenters. The van der Waals surface area contributed by atoms with Crippen molar-refractivity contribution in [3.05, 3.63) is 110 Å². The highest BCUT2D eigenvalue weighted by atomic mass is 127. The monoisotopic (exact) mass is 651 g/mol. The fourth-order valence-electron chi connectivity index (χ4n) is 3.01. The van der Waals surface area contributed by atoms with Gasteiger partial charge in [0.15, 0.2) is 14.7 Å². The first-order chi connectivity index (χ1) is 15.0. The van der Waals surface area contributed by atoms with Gasteiger partial charge in [-0.25, -0.2) is 4.79 Å². The number of phenolic OH excluding ortho intramolecular Hbond substituents is 1. The largest absolute Gasteiger partial charge is 0.506 e. The smallest absolute Gasteiger partial charge is 0.343 e. The van der Waals surface area contributed by atoms with Crippen LogP contribution in [0.15, 0.2) is 112 Å². The molecule has 0 amide bonds. The number of esters is 1. The quantitative estimate of drug-likeness (QED) is 0.110. The number of rotatable bonds is 5. The Morgan fingerprint density at radius 3 is 1.65 bits per heavy atom. The molecule has 4 aromatic carbocycles. The molecule has 6 heteroatoms. The molecule has 4 aromatic rings. The van der Waals surface area contributed by atoms with Crippen molar-refractivity contribution in [2.75, 3.05) is 0 Å². The second kappa shape index (κ2) is 10.1. The zero-order chi connectivity index (χ0) is 21.8. The SMILES string of the molecule is O=C(Oc1ccc([S+](c2ccccc2)c2ccccc2)cc1)c1cc(I)c(O)c(I)c1. The average Bonchev–Trinajstić information content (AvgIpc) is 2.80. The molecule has 0 radical (unpaired) electrons. The van der Waals surface area contributed by atoms with Crippen LogP contribution in [0, 0.1) is 7.14 Å². The van der Waals surface area contributed by atoms with Crippen molar-refractivity contribution in [2.45, 2.75) is 14.7 Å². The summed E-state index contributed by atoms with van der Waals surface area (Å²) < 4.78 is 6.80. The van der Waals surface area contributed by atoms with Crippen LogP contribution in [0.3, 0.4) is 0 Å². The van der Waals surface area contributed by atoms with E-state index in [2.05, 4.69) is 48.5 Å². The van der Waals surface area contributed by atoms with Gasteiger partial charge in [0.25, 0.3) is 0 Å². The summed E-state index contributed by atoms with van der Waals surface area (Å²) in [5.74, 6) is 0.209. The second-order valence-corrected chi connectivity index (χ2v) is 10.9. The van der Waals surface area contributed by atoms with Crippen LogP contribution in [0.5, 0.6) is 11.5 Å². The molecule has 31 heavy (non-hydrogen) atoms. The number of ether oxygens (including phenoxy) is 1. The van der Waals surface area contributed by atoms with Crippen LogP contribution in [-0.2, 0) is 10.9 Å². The summed E-state index contributed by atoms with van der Waals surface area (Å²) in [6.45, 7) is 0. The Balaban J connectivity index is 1.60. The van der Waals surface area contributed by atoms with Crippen molar-refractivity contribution < 1.29 is 14.6 Å². The van der Waals surface area contributed by atoms with E-state index >= 15 is 0 Å². The molecule has 0 unspecified atom stereocenters. The predicted molar refractivity (Wildman–Crippen MR) is 140 cm³/mol. The fraction of sp³-hybridized carbons (Fsp3) is 0. The highest BCUT2D eigenvalue weighted by Crippen LogP contribution is 2.32. The summed E-state index contributed by atoms with van der Waals surface area (Å²) in [6.07, 6.45) is 0. The molecule has 0 saturated carbocycles. The maximum absolute atomic E-state index is 12.6. The first-order valence-corrected chi connectivity index (χ1v) is 12.8. The molecule has 0 aliphatic carbocycles. The molecule has 0 spiro atoms. The van der Waals surface area contributed by atoms with Gasteiger partial charge in [-0.05, 0) is 106 Å². The van der Waals surface area contributed by atoms with Crippen molar-refractivity contribution >= 4 is 62.0 Å². The summed E-state index contributed by atoms with van der Waals surface area (Å²) >= 11 is 4.00. The topological polar surface area (TPSA) is 46.5 Å². The molecule has 0 aromatic heterocycles. The number of benzene rings is 4. The van der Waals surface area contributed by atoms with E-state index in [0.717, 1.165) is 4.90 Å². The van der Waals surface area contributed by atoms with Crippen LogP contribution in [-0.4, -0.2) is 11.1 Å². The zero-order valence-corrected chi connectivity index (χ0v) is 21.3. The maximum atomic E-state index is 12.6. The fourth-order valence-corrected chi connectivity index (χ4v) is 6.87. The van der Waals surface area contributed by atoms with Gasteiger partial charge in [-0.2, -0.15) is 0 Å². The van der Waals surface area contributed by atoms with E-state index in [9.17, 15) is 9.90 Å². The molecule has 3 nitrogen and oxygen atoms in total. The minimum Gasteiger partial charge on any atom is -0.506 e. The summed E-state index contributed by atoms with van der Waals surface area (Å²) in [7, 11) is -0.251. The molecule has 154 valence electrons. The third kappa shape index (κ3) is 5.24. The van der Waals surface area contributed by atoms with Crippen LogP contribution >= 0.6 is 45.2 Å². The number of carbonyl (C=O) groups excluding carboxylic acids is 1. The minimum atomic E-state index is -0.450. The van der Waals surface area contributed by atoms with Crippen molar-refractivity contribution in [1.82, 2.24) is 0 Å². The Bertz CT molecular complexity index is 1130. The highest BCUT2D eigenvalue weighted by Gasteiger charge is 2.28. The number of aromatic hydroxyl groups is 1. The van der Waals surface area contributed by atoms with Gasteiger partial charge in [-0.3, -0.25) is 0 Å². The Morgan fingerprint density at radius 2 is 1.16 bits per heavy atom. The number of halogens is 2. The molecular weight excluding hydrogens is 634 g/mol. The van der Waals surface area contributed by atoms with Crippen molar-refractivity contribution in [3.63, 3.8) is 0 Å². The van der Waals surface area contributed by atoms with E-state index in [0.29, 0.717) is 18.5 Å². The molecule has 0 aliphatic heterocycles. The Labute approximate surface area is 211 Å². The normalized spacial score (nSPS) is 10.8. The average molecular weight is 651 g/mol. The summed E-state index contributed by atoms with van der Waals surface area (Å²) in [6, 6.07) is 31.7. The van der Waals surface area contributed by atoms with Crippen LogP contribution in [0.4, 0.5) is 0 Å². The van der Waals surface area contributed by atoms with Gasteiger partial charge in [0.2, 0.25) is 0 Å². The lowest BCUT2D eigenvalue weighted by atomic mass is 10.2. The number of hydrogen-bond donors (Lipinski definition) is 1. The molecule has 0 aliphatic rings. The molecule has 0 fully saturated rings. The Kier molecular flexibility index (Phi) is 7.19. The molecule has 0 bridgehead atoms. The molecule has 4 rings (SSSR count). The summed E-state index contributed by atoms with van der Waals surface area (Å²) in [4.78, 5) is 16.2. The van der Waals surface area contributed by atoms with E-state index in [-0.39, 0.29) is 16.6 Å². The van der Waals surface area contributed by atoms with E-state index < -0.39 is 5.97 Å². The lowest BCUT2D eigenvalue weighted by Gasteiger charge is -2.09. The van der Waals surface area contributed by atoms with E-state index in [1.807, 2.05) is 81.6 Å². The summed E-state index contributed by atoms with van der Waals surface area (Å²) in [5, 5.41) is 9.91. The van der Waals surface area contributed by atoms with Gasteiger partial charge in [0.05, 0.1) is 23.6 Å². The number of hydrogen-bond acceptors (Lipinski definition) is 3. The van der Waals surface area contributed by atoms with Crippen molar-refractivity contribution in [1.29, 1.82) is 0 Å². The van der Waals surface area contributed by atoms with Crippen LogP contribution in [0.25, 0.3) is 0 Å². The van der Waals surface area contributed by atoms with Gasteiger partial charge in [-0.1, -0.05) is 36.4 Å². The predicted octanol–water partition coefficient (Wildman–Crippen LogP) is 6.92. The van der Waals surface area contributed by atoms with Gasteiger partial charge in [0.1, 0.15) is 11.5 Å². The number of phenols is 1. The van der Waals surface area contributed by atoms with Crippen LogP contribution in [0.1, 0.15) is 10.4 Å². The van der Waals surface area contributed by atoms with Crippen molar-refractivity contribution in [2.24, 2.45) is 0 Å². The first kappa shape index (κ1) is 22.2. The molecule has 0 saturated heterocycles. The third-order valence-electron chi connectivity index (χ3n) is 4.48. The number of carbonyl (C=O) groups is 1. The standard InChI is InChI=1S/C25H16I2O3S/c26-22-15-17(16-23(27)24(22)28)25(29)30-18-11-13-21(14-12-18)31(19-7-3-1-4-8-19)20-9-5-2-6-10-20/h1-16H/p+1. The van der Waals surface area contributed by atoms with Gasteiger partial charge in [0, 0.05) is 0 Å². The maximum Gasteiger partial charge on any atom is 0.343 e. The lowest BCUT2D eigenvalue weighted by molar-refractivity contribution is 0.0734. The summed E-state index contributed by atoms with van der Waals surface area (Å²) in [5.41, 5.74) is 0.406. The van der Waals surface area contributed by atoms with E-state index in [4.69, 9.17) is 4.74 Å². The Hall–Kier alpha value is -2.04.